The molecule has 0 fully saturated rings. The lowest BCUT2D eigenvalue weighted by atomic mass is 9.88. The highest BCUT2D eigenvalue weighted by Gasteiger charge is 2.27. The molecule has 0 aliphatic rings. The highest BCUT2D eigenvalue weighted by atomic mass is 16.3. The molecular weight excluding hydrogens is 741 g/mol. The highest BCUT2D eigenvalue weighted by Crippen LogP contribution is 2.51. The lowest BCUT2D eigenvalue weighted by Gasteiger charge is -2.13. The van der Waals surface area contributed by atoms with Crippen molar-refractivity contribution in [2.75, 3.05) is 0 Å². The van der Waals surface area contributed by atoms with Gasteiger partial charge in [0.05, 0.1) is 16.7 Å². The standard InChI is InChI=1S/C58H36N2O/c1-3-15-37(16-4-1)53-54(38-17-5-2-6-18-38)58(51-36-42-19-7-8-23-44(42)46-24-10-12-27-49(46)51)61-57(53)43-21-13-20-41(35-43)45-31-32-50(48-26-11-9-25-47(45)48)52-33-30-40-29-28-39-22-14-34-59-55(39)56(40)60-52/h1-36H. The predicted octanol–water partition coefficient (Wildman–Crippen LogP) is 15.8. The molecule has 3 heterocycles. The summed E-state index contributed by atoms with van der Waals surface area (Å²) in [6, 6.07) is 75.5. The monoisotopic (exact) mass is 776 g/mol. The van der Waals surface area contributed by atoms with Crippen LogP contribution < -0.4 is 0 Å². The second-order valence-corrected chi connectivity index (χ2v) is 15.6. The van der Waals surface area contributed by atoms with Crippen molar-refractivity contribution in [2.24, 2.45) is 0 Å². The molecule has 0 atom stereocenters. The zero-order chi connectivity index (χ0) is 40.3. The third kappa shape index (κ3) is 5.82. The summed E-state index contributed by atoms with van der Waals surface area (Å²) in [5.41, 5.74) is 12.5. The average molecular weight is 777 g/mol. The normalized spacial score (nSPS) is 11.6. The van der Waals surface area contributed by atoms with Gasteiger partial charge in [0.25, 0.3) is 0 Å². The van der Waals surface area contributed by atoms with Gasteiger partial charge < -0.3 is 4.42 Å². The first-order valence-corrected chi connectivity index (χ1v) is 20.7. The molecule has 12 rings (SSSR count). The second kappa shape index (κ2) is 14.3. The molecule has 0 aliphatic carbocycles. The summed E-state index contributed by atoms with van der Waals surface area (Å²) in [5.74, 6) is 1.69. The Bertz CT molecular complexity index is 3640. The van der Waals surface area contributed by atoms with Crippen molar-refractivity contribution in [2.45, 2.75) is 0 Å². The average Bonchev–Trinajstić information content (AvgIpc) is 3.74. The molecule has 9 aromatic carbocycles. The van der Waals surface area contributed by atoms with Gasteiger partial charge >= 0.3 is 0 Å². The zero-order valence-electron chi connectivity index (χ0n) is 33.1. The van der Waals surface area contributed by atoms with Crippen molar-refractivity contribution < 1.29 is 4.42 Å². The molecule has 61 heavy (non-hydrogen) atoms. The minimum atomic E-state index is 0.835. The lowest BCUT2D eigenvalue weighted by molar-refractivity contribution is 0.599. The molecule has 284 valence electrons. The molecule has 0 saturated heterocycles. The SMILES string of the molecule is c1ccc(-c2c(-c3cccc(-c4ccc(-c5ccc6ccc7cccnc7c6n5)c5ccccc45)c3)oc(-c3cc4ccccc4c4ccccc34)c2-c2ccccc2)cc1. The molecule has 0 bridgehead atoms. The molecule has 3 nitrogen and oxygen atoms in total. The molecule has 12 aromatic rings. The smallest absolute Gasteiger partial charge is 0.143 e. The van der Waals surface area contributed by atoms with Gasteiger partial charge in [0.1, 0.15) is 11.5 Å². The van der Waals surface area contributed by atoms with Crippen molar-refractivity contribution in [1.29, 1.82) is 0 Å². The van der Waals surface area contributed by atoms with E-state index in [1.165, 1.54) is 16.2 Å². The third-order valence-electron chi connectivity index (χ3n) is 12.1. The Balaban J connectivity index is 1.07. The molecule has 0 spiro atoms. The molecular formula is C58H36N2O. The number of hydrogen-bond acceptors (Lipinski definition) is 3. The number of furan rings is 1. The third-order valence-corrected chi connectivity index (χ3v) is 12.1. The number of rotatable bonds is 6. The van der Waals surface area contributed by atoms with E-state index in [0.717, 1.165) is 105 Å². The van der Waals surface area contributed by atoms with Crippen LogP contribution >= 0.6 is 0 Å². The maximum atomic E-state index is 7.39. The summed E-state index contributed by atoms with van der Waals surface area (Å²) in [6.07, 6.45) is 1.84. The fraction of sp³-hybridized carbons (Fsp3) is 0. The van der Waals surface area contributed by atoms with Crippen LogP contribution in [0.4, 0.5) is 0 Å². The van der Waals surface area contributed by atoms with E-state index in [1.54, 1.807) is 0 Å². The fourth-order valence-corrected chi connectivity index (χ4v) is 9.30. The van der Waals surface area contributed by atoms with E-state index in [1.807, 2.05) is 12.3 Å². The number of fused-ring (bicyclic) bond motifs is 7. The Morgan fingerprint density at radius 1 is 0.311 bits per heavy atom. The van der Waals surface area contributed by atoms with Crippen molar-refractivity contribution in [3.63, 3.8) is 0 Å². The van der Waals surface area contributed by atoms with Crippen molar-refractivity contribution >= 4 is 54.1 Å². The summed E-state index contributed by atoms with van der Waals surface area (Å²) >= 11 is 0. The summed E-state index contributed by atoms with van der Waals surface area (Å²) in [7, 11) is 0. The molecule has 3 heteroatoms. The first-order valence-electron chi connectivity index (χ1n) is 20.7. The van der Waals surface area contributed by atoms with Crippen LogP contribution in [0.5, 0.6) is 0 Å². The number of hydrogen-bond donors (Lipinski definition) is 0. The molecule has 0 amide bonds. The van der Waals surface area contributed by atoms with Gasteiger partial charge in [-0.2, -0.15) is 0 Å². The van der Waals surface area contributed by atoms with Crippen LogP contribution in [0.15, 0.2) is 223 Å². The first-order chi connectivity index (χ1) is 30.3. The van der Waals surface area contributed by atoms with E-state index >= 15 is 0 Å². The van der Waals surface area contributed by atoms with Gasteiger partial charge in [-0.15, -0.1) is 0 Å². The Kier molecular flexibility index (Phi) is 8.17. The molecule has 0 aliphatic heterocycles. The van der Waals surface area contributed by atoms with Crippen molar-refractivity contribution in [3.05, 3.63) is 219 Å². The van der Waals surface area contributed by atoms with E-state index in [-0.39, 0.29) is 0 Å². The fourth-order valence-electron chi connectivity index (χ4n) is 9.30. The van der Waals surface area contributed by atoms with Crippen LogP contribution in [-0.4, -0.2) is 9.97 Å². The quantitative estimate of drug-likeness (QED) is 0.158. The van der Waals surface area contributed by atoms with Gasteiger partial charge in [0.15, 0.2) is 0 Å². The molecule has 0 N–H and O–H groups in total. The topological polar surface area (TPSA) is 38.9 Å². The van der Waals surface area contributed by atoms with E-state index in [0.29, 0.717) is 0 Å². The van der Waals surface area contributed by atoms with E-state index < -0.39 is 0 Å². The summed E-state index contributed by atoms with van der Waals surface area (Å²) < 4.78 is 7.39. The van der Waals surface area contributed by atoms with Crippen LogP contribution in [0.25, 0.3) is 121 Å². The highest BCUT2D eigenvalue weighted by molar-refractivity contribution is 6.16. The van der Waals surface area contributed by atoms with Crippen LogP contribution in [0.1, 0.15) is 0 Å². The summed E-state index contributed by atoms with van der Waals surface area (Å²) in [4.78, 5) is 9.95. The van der Waals surface area contributed by atoms with Crippen molar-refractivity contribution in [3.8, 4) is 67.3 Å². The maximum Gasteiger partial charge on any atom is 0.143 e. The van der Waals surface area contributed by atoms with Crippen LogP contribution in [-0.2, 0) is 0 Å². The molecule has 0 radical (unpaired) electrons. The van der Waals surface area contributed by atoms with Gasteiger partial charge in [0.2, 0.25) is 0 Å². The predicted molar refractivity (Wildman–Crippen MR) is 254 cm³/mol. The van der Waals surface area contributed by atoms with Gasteiger partial charge in [-0.1, -0.05) is 188 Å². The van der Waals surface area contributed by atoms with Gasteiger partial charge in [-0.25, -0.2) is 4.98 Å². The molecule has 0 saturated carbocycles. The van der Waals surface area contributed by atoms with Crippen LogP contribution in [0, 0.1) is 0 Å². The number of nitrogens with zero attached hydrogens (tertiary/aromatic N) is 2. The number of benzene rings is 9. The largest absolute Gasteiger partial charge is 0.455 e. The van der Waals surface area contributed by atoms with E-state index in [9.17, 15) is 0 Å². The second-order valence-electron chi connectivity index (χ2n) is 15.6. The number of aromatic nitrogens is 2. The zero-order valence-corrected chi connectivity index (χ0v) is 33.1. The molecule has 0 unspecified atom stereocenters. The summed E-state index contributed by atoms with van der Waals surface area (Å²) in [6.45, 7) is 0. The Morgan fingerprint density at radius 3 is 1.61 bits per heavy atom. The summed E-state index contributed by atoms with van der Waals surface area (Å²) in [5, 5.41) is 9.23. The maximum absolute atomic E-state index is 7.39. The van der Waals surface area contributed by atoms with E-state index in [4.69, 9.17) is 14.4 Å². The van der Waals surface area contributed by atoms with Crippen LogP contribution in [0.2, 0.25) is 0 Å². The van der Waals surface area contributed by atoms with Crippen LogP contribution in [0.3, 0.4) is 0 Å². The minimum Gasteiger partial charge on any atom is -0.455 e. The Hall–Kier alpha value is -8.14. The van der Waals surface area contributed by atoms with Gasteiger partial charge in [0, 0.05) is 44.8 Å². The first kappa shape index (κ1) is 34.9. The Labute approximate surface area is 352 Å². The van der Waals surface area contributed by atoms with Gasteiger partial charge in [-0.05, 0) is 78.8 Å². The minimum absolute atomic E-state index is 0.835. The van der Waals surface area contributed by atoms with E-state index in [2.05, 4.69) is 206 Å². The number of pyridine rings is 2. The molecule has 3 aromatic heterocycles. The lowest BCUT2D eigenvalue weighted by Crippen LogP contribution is -1.91. The van der Waals surface area contributed by atoms with Crippen molar-refractivity contribution in [1.82, 2.24) is 9.97 Å². The Morgan fingerprint density at radius 2 is 0.852 bits per heavy atom. The van der Waals surface area contributed by atoms with Gasteiger partial charge in [-0.3, -0.25) is 4.98 Å².